The van der Waals surface area contributed by atoms with Crippen LogP contribution < -0.4 is 15.2 Å². The van der Waals surface area contributed by atoms with Gasteiger partial charge in [-0.05, 0) is 18.2 Å². The summed E-state index contributed by atoms with van der Waals surface area (Å²) in [5, 5.41) is 9.16. The molecule has 1 fully saturated rings. The van der Waals surface area contributed by atoms with Crippen molar-refractivity contribution >= 4 is 11.8 Å². The van der Waals surface area contributed by atoms with Crippen molar-refractivity contribution in [3.8, 4) is 11.5 Å². The lowest BCUT2D eigenvalue weighted by molar-refractivity contribution is 0.216. The van der Waals surface area contributed by atoms with Crippen molar-refractivity contribution < 1.29 is 14.6 Å². The summed E-state index contributed by atoms with van der Waals surface area (Å²) in [4.78, 5) is 0. The molecular weight excluding hydrogens is 250 g/mol. The normalized spacial score (nSPS) is 20.7. The third kappa shape index (κ3) is 2.91. The number of hydrogen-bond donors (Lipinski definition) is 2. The van der Waals surface area contributed by atoms with E-state index in [9.17, 15) is 0 Å². The summed E-state index contributed by atoms with van der Waals surface area (Å²) in [6.07, 6.45) is 1.30. The maximum Gasteiger partial charge on any atom is 0.165 e. The van der Waals surface area contributed by atoms with Crippen molar-refractivity contribution in [2.24, 2.45) is 5.73 Å². The van der Waals surface area contributed by atoms with Crippen LogP contribution in [0.25, 0.3) is 0 Å². The molecule has 1 aliphatic rings. The van der Waals surface area contributed by atoms with Crippen molar-refractivity contribution in [1.82, 2.24) is 0 Å². The smallest absolute Gasteiger partial charge is 0.165 e. The van der Waals surface area contributed by atoms with Gasteiger partial charge in [-0.3, -0.25) is 0 Å². The van der Waals surface area contributed by atoms with Gasteiger partial charge in [0, 0.05) is 11.3 Å². The molecule has 1 aromatic carbocycles. The zero-order valence-corrected chi connectivity index (χ0v) is 11.3. The second-order valence-corrected chi connectivity index (χ2v) is 5.42. The Kier molecular flexibility index (Phi) is 4.74. The van der Waals surface area contributed by atoms with E-state index in [0.29, 0.717) is 11.5 Å². The van der Waals surface area contributed by atoms with Crippen LogP contribution in [0.4, 0.5) is 0 Å². The molecule has 1 aromatic rings. The minimum atomic E-state index is -0.443. The van der Waals surface area contributed by atoms with E-state index in [1.54, 1.807) is 7.11 Å². The molecule has 2 rings (SSSR count). The zero-order chi connectivity index (χ0) is 13.0. The molecule has 0 amide bonds. The highest BCUT2D eigenvalue weighted by atomic mass is 32.2. The number of aliphatic hydroxyl groups is 1. The van der Waals surface area contributed by atoms with Gasteiger partial charge in [-0.25, -0.2) is 0 Å². The van der Waals surface area contributed by atoms with Gasteiger partial charge in [-0.1, -0.05) is 12.1 Å². The summed E-state index contributed by atoms with van der Waals surface area (Å²) in [6, 6.07) is 5.18. The molecule has 0 spiro atoms. The lowest BCUT2D eigenvalue weighted by atomic mass is 10.1. The lowest BCUT2D eigenvalue weighted by Crippen LogP contribution is -2.18. The van der Waals surface area contributed by atoms with Crippen LogP contribution in [0.5, 0.6) is 11.5 Å². The Morgan fingerprint density at radius 3 is 3.00 bits per heavy atom. The number of para-hydroxylation sites is 1. The van der Waals surface area contributed by atoms with Gasteiger partial charge in [0.25, 0.3) is 0 Å². The SMILES string of the molecule is COc1c(OC2CCSC2)cccc1C(N)CO. The van der Waals surface area contributed by atoms with Crippen molar-refractivity contribution in [2.75, 3.05) is 25.2 Å². The number of methoxy groups -OCH3 is 1. The Hall–Kier alpha value is -0.910. The summed E-state index contributed by atoms with van der Waals surface area (Å²) in [5.41, 5.74) is 6.64. The van der Waals surface area contributed by atoms with Crippen molar-refractivity contribution in [1.29, 1.82) is 0 Å². The first kappa shape index (κ1) is 13.5. The molecule has 2 atom stereocenters. The molecule has 0 radical (unpaired) electrons. The van der Waals surface area contributed by atoms with Crippen LogP contribution in [0.1, 0.15) is 18.0 Å². The maximum absolute atomic E-state index is 9.16. The minimum Gasteiger partial charge on any atom is -0.493 e. The molecule has 0 aliphatic carbocycles. The monoisotopic (exact) mass is 269 g/mol. The fourth-order valence-electron chi connectivity index (χ4n) is 2.02. The quantitative estimate of drug-likeness (QED) is 0.849. The van der Waals surface area contributed by atoms with Crippen LogP contribution in [0.3, 0.4) is 0 Å². The molecule has 0 bridgehead atoms. The fourth-order valence-corrected chi connectivity index (χ4v) is 3.11. The first-order valence-electron chi connectivity index (χ1n) is 6.04. The van der Waals surface area contributed by atoms with E-state index in [-0.39, 0.29) is 12.7 Å². The van der Waals surface area contributed by atoms with Gasteiger partial charge in [-0.2, -0.15) is 11.8 Å². The Balaban J connectivity index is 2.22. The summed E-state index contributed by atoms with van der Waals surface area (Å²) >= 11 is 1.90. The molecule has 1 heterocycles. The van der Waals surface area contributed by atoms with Crippen molar-refractivity contribution in [3.63, 3.8) is 0 Å². The number of aliphatic hydroxyl groups excluding tert-OH is 1. The molecule has 1 saturated heterocycles. The van der Waals surface area contributed by atoms with E-state index in [2.05, 4.69) is 0 Å². The number of benzene rings is 1. The molecule has 0 saturated carbocycles. The van der Waals surface area contributed by atoms with E-state index < -0.39 is 6.04 Å². The van der Waals surface area contributed by atoms with Crippen LogP contribution in [0.2, 0.25) is 0 Å². The molecule has 3 N–H and O–H groups in total. The average Bonchev–Trinajstić information content (AvgIpc) is 2.90. The average molecular weight is 269 g/mol. The Morgan fingerprint density at radius 1 is 1.56 bits per heavy atom. The largest absolute Gasteiger partial charge is 0.493 e. The van der Waals surface area contributed by atoms with Crippen molar-refractivity contribution in [3.05, 3.63) is 23.8 Å². The topological polar surface area (TPSA) is 64.7 Å². The van der Waals surface area contributed by atoms with Crippen LogP contribution in [0, 0.1) is 0 Å². The number of ether oxygens (including phenoxy) is 2. The first-order valence-corrected chi connectivity index (χ1v) is 7.19. The Bertz CT molecular complexity index is 394. The standard InChI is InChI=1S/C13H19NO3S/c1-16-13-10(11(14)7-15)3-2-4-12(13)17-9-5-6-18-8-9/h2-4,9,11,15H,5-8,14H2,1H3. The van der Waals surface area contributed by atoms with Gasteiger partial charge in [0.05, 0.1) is 19.8 Å². The predicted molar refractivity (Wildman–Crippen MR) is 73.4 cm³/mol. The third-order valence-corrected chi connectivity index (χ3v) is 4.12. The van der Waals surface area contributed by atoms with Gasteiger partial charge in [0.15, 0.2) is 11.5 Å². The van der Waals surface area contributed by atoms with Gasteiger partial charge in [-0.15, -0.1) is 0 Å². The Labute approximate surface area is 111 Å². The zero-order valence-electron chi connectivity index (χ0n) is 10.5. The van der Waals surface area contributed by atoms with Gasteiger partial charge in [0.1, 0.15) is 6.10 Å². The van der Waals surface area contributed by atoms with E-state index >= 15 is 0 Å². The van der Waals surface area contributed by atoms with Gasteiger partial charge < -0.3 is 20.3 Å². The highest BCUT2D eigenvalue weighted by Gasteiger charge is 2.21. The van der Waals surface area contributed by atoms with Crippen LogP contribution >= 0.6 is 11.8 Å². The van der Waals surface area contributed by atoms with Crippen LogP contribution in [-0.2, 0) is 0 Å². The second kappa shape index (κ2) is 6.31. The fraction of sp³-hybridized carbons (Fsp3) is 0.538. The molecule has 2 unspecified atom stereocenters. The predicted octanol–water partition coefficient (Wildman–Crippen LogP) is 1.57. The lowest BCUT2D eigenvalue weighted by Gasteiger charge is -2.19. The molecule has 100 valence electrons. The third-order valence-electron chi connectivity index (χ3n) is 2.99. The van der Waals surface area contributed by atoms with Crippen molar-refractivity contribution in [2.45, 2.75) is 18.6 Å². The van der Waals surface area contributed by atoms with E-state index in [0.717, 1.165) is 23.5 Å². The number of rotatable bonds is 5. The summed E-state index contributed by atoms with van der Waals surface area (Å²) in [7, 11) is 1.60. The second-order valence-electron chi connectivity index (χ2n) is 4.27. The molecule has 0 aromatic heterocycles. The van der Waals surface area contributed by atoms with Gasteiger partial charge >= 0.3 is 0 Å². The molecule has 18 heavy (non-hydrogen) atoms. The first-order chi connectivity index (χ1) is 8.76. The van der Waals surface area contributed by atoms with Crippen LogP contribution in [-0.4, -0.2) is 36.4 Å². The molecule has 1 aliphatic heterocycles. The molecule has 4 nitrogen and oxygen atoms in total. The molecule has 5 heteroatoms. The summed E-state index contributed by atoms with van der Waals surface area (Å²) in [5.74, 6) is 3.50. The number of nitrogens with two attached hydrogens (primary N) is 1. The highest BCUT2D eigenvalue weighted by molar-refractivity contribution is 7.99. The number of thioether (sulfide) groups is 1. The van der Waals surface area contributed by atoms with Gasteiger partial charge in [0.2, 0.25) is 0 Å². The maximum atomic E-state index is 9.16. The highest BCUT2D eigenvalue weighted by Crippen LogP contribution is 2.36. The van der Waals surface area contributed by atoms with E-state index in [1.165, 1.54) is 0 Å². The Morgan fingerprint density at radius 2 is 2.39 bits per heavy atom. The minimum absolute atomic E-state index is 0.112. The van der Waals surface area contributed by atoms with Crippen LogP contribution in [0.15, 0.2) is 18.2 Å². The molecular formula is C13H19NO3S. The van der Waals surface area contributed by atoms with E-state index in [1.807, 2.05) is 30.0 Å². The summed E-state index contributed by atoms with van der Waals surface area (Å²) < 4.78 is 11.3. The number of hydrogen-bond acceptors (Lipinski definition) is 5. The van der Waals surface area contributed by atoms with E-state index in [4.69, 9.17) is 20.3 Å². The summed E-state index contributed by atoms with van der Waals surface area (Å²) in [6.45, 7) is -0.112.